The summed E-state index contributed by atoms with van der Waals surface area (Å²) in [5, 5.41) is 12.6. The van der Waals surface area contributed by atoms with E-state index >= 15 is 0 Å². The van der Waals surface area contributed by atoms with Gasteiger partial charge in [-0.1, -0.05) is 29.8 Å². The lowest BCUT2D eigenvalue weighted by molar-refractivity contribution is -0.136. The van der Waals surface area contributed by atoms with Crippen LogP contribution in [0.25, 0.3) is 11.3 Å². The number of rotatable bonds is 4. The van der Waals surface area contributed by atoms with Crippen LogP contribution in [0.3, 0.4) is 0 Å². The number of carbonyl (C=O) groups is 1. The van der Waals surface area contributed by atoms with Crippen LogP contribution in [0.4, 0.5) is 5.13 Å². The van der Waals surface area contributed by atoms with Crippen molar-refractivity contribution in [2.75, 3.05) is 12.4 Å². The number of anilines is 1. The summed E-state index contributed by atoms with van der Waals surface area (Å²) in [7, 11) is 1.78. The summed E-state index contributed by atoms with van der Waals surface area (Å²) in [6, 6.07) is 7.93. The number of nitrogens with zero attached hydrogens (tertiary/aromatic N) is 1. The quantitative estimate of drug-likeness (QED) is 0.889. The number of carboxylic acids is 1. The van der Waals surface area contributed by atoms with Crippen molar-refractivity contribution in [2.24, 2.45) is 0 Å². The van der Waals surface area contributed by atoms with Gasteiger partial charge in [-0.15, -0.1) is 11.3 Å². The van der Waals surface area contributed by atoms with E-state index < -0.39 is 5.97 Å². The van der Waals surface area contributed by atoms with Gasteiger partial charge in [-0.05, 0) is 6.92 Å². The molecule has 0 saturated carbocycles. The maximum absolute atomic E-state index is 10.9. The monoisotopic (exact) mass is 262 g/mol. The summed E-state index contributed by atoms with van der Waals surface area (Å²) in [5.41, 5.74) is 2.88. The summed E-state index contributed by atoms with van der Waals surface area (Å²) in [6.45, 7) is 2.02. The van der Waals surface area contributed by atoms with E-state index in [0.717, 1.165) is 21.3 Å². The Hall–Kier alpha value is -1.88. The Kier molecular flexibility index (Phi) is 3.62. The van der Waals surface area contributed by atoms with Crippen molar-refractivity contribution in [1.82, 2.24) is 4.98 Å². The smallest absolute Gasteiger partial charge is 0.308 e. The molecule has 18 heavy (non-hydrogen) atoms. The van der Waals surface area contributed by atoms with E-state index in [-0.39, 0.29) is 6.42 Å². The molecule has 0 aliphatic rings. The second-order valence-corrected chi connectivity index (χ2v) is 5.06. The normalized spacial score (nSPS) is 10.3. The number of benzene rings is 1. The van der Waals surface area contributed by atoms with Gasteiger partial charge in [-0.25, -0.2) is 4.98 Å². The van der Waals surface area contributed by atoms with Crippen molar-refractivity contribution in [2.45, 2.75) is 13.3 Å². The minimum absolute atomic E-state index is 0.00254. The van der Waals surface area contributed by atoms with Crippen LogP contribution in [-0.2, 0) is 11.2 Å². The van der Waals surface area contributed by atoms with E-state index in [1.54, 1.807) is 7.05 Å². The van der Waals surface area contributed by atoms with Crippen molar-refractivity contribution >= 4 is 22.4 Å². The van der Waals surface area contributed by atoms with Crippen LogP contribution in [0, 0.1) is 6.92 Å². The lowest BCUT2D eigenvalue weighted by Crippen LogP contribution is -1.99. The molecule has 2 aromatic rings. The Labute approximate surface area is 109 Å². The lowest BCUT2D eigenvalue weighted by atomic mass is 10.1. The molecule has 94 valence electrons. The first-order valence-electron chi connectivity index (χ1n) is 5.56. The van der Waals surface area contributed by atoms with Gasteiger partial charge in [-0.2, -0.15) is 0 Å². The molecule has 0 saturated heterocycles. The average Bonchev–Trinajstić information content (AvgIpc) is 2.72. The van der Waals surface area contributed by atoms with Gasteiger partial charge in [0.05, 0.1) is 12.1 Å². The molecule has 2 N–H and O–H groups in total. The molecule has 1 aromatic carbocycles. The first kappa shape index (κ1) is 12.6. The minimum atomic E-state index is -0.838. The highest BCUT2D eigenvalue weighted by molar-refractivity contribution is 7.16. The molecule has 0 spiro atoms. The molecule has 1 heterocycles. The van der Waals surface area contributed by atoms with E-state index in [9.17, 15) is 4.79 Å². The van der Waals surface area contributed by atoms with Gasteiger partial charge in [-0.3, -0.25) is 4.79 Å². The average molecular weight is 262 g/mol. The predicted octanol–water partition coefficient (Wildman–Crippen LogP) is 2.79. The molecule has 0 radical (unpaired) electrons. The second kappa shape index (κ2) is 5.18. The van der Waals surface area contributed by atoms with E-state index in [1.807, 2.05) is 31.2 Å². The maximum atomic E-state index is 10.9. The van der Waals surface area contributed by atoms with Crippen molar-refractivity contribution in [3.8, 4) is 11.3 Å². The van der Waals surface area contributed by atoms with Gasteiger partial charge in [0.2, 0.25) is 0 Å². The van der Waals surface area contributed by atoms with E-state index in [0.29, 0.717) is 0 Å². The van der Waals surface area contributed by atoms with Crippen LogP contribution in [0.2, 0.25) is 0 Å². The molecule has 0 aliphatic heterocycles. The molecule has 0 unspecified atom stereocenters. The molecule has 2 rings (SSSR count). The topological polar surface area (TPSA) is 62.2 Å². The number of hydrogen-bond acceptors (Lipinski definition) is 4. The number of carboxylic acid groups (broad SMARTS) is 1. The highest BCUT2D eigenvalue weighted by atomic mass is 32.1. The lowest BCUT2D eigenvalue weighted by Gasteiger charge is -2.00. The Morgan fingerprint density at radius 3 is 2.61 bits per heavy atom. The summed E-state index contributed by atoms with van der Waals surface area (Å²) < 4.78 is 0. The van der Waals surface area contributed by atoms with Crippen molar-refractivity contribution in [3.63, 3.8) is 0 Å². The number of aromatic nitrogens is 1. The number of nitrogens with one attached hydrogen (secondary N) is 1. The Morgan fingerprint density at radius 1 is 1.39 bits per heavy atom. The Morgan fingerprint density at radius 2 is 2.06 bits per heavy atom. The summed E-state index contributed by atoms with van der Waals surface area (Å²) in [4.78, 5) is 16.1. The van der Waals surface area contributed by atoms with Crippen molar-refractivity contribution in [3.05, 3.63) is 34.7 Å². The molecule has 0 bridgehead atoms. The van der Waals surface area contributed by atoms with Crippen molar-refractivity contribution in [1.29, 1.82) is 0 Å². The molecular weight excluding hydrogens is 248 g/mol. The third-order valence-corrected chi connectivity index (χ3v) is 3.62. The summed E-state index contributed by atoms with van der Waals surface area (Å²) >= 11 is 1.38. The molecule has 0 atom stereocenters. The van der Waals surface area contributed by atoms with E-state index in [2.05, 4.69) is 10.3 Å². The minimum Gasteiger partial charge on any atom is -0.481 e. The van der Waals surface area contributed by atoms with Crippen LogP contribution in [-0.4, -0.2) is 23.1 Å². The zero-order chi connectivity index (χ0) is 13.1. The second-order valence-electron chi connectivity index (χ2n) is 3.98. The molecule has 1 aromatic heterocycles. The molecule has 0 fully saturated rings. The maximum Gasteiger partial charge on any atom is 0.308 e. The van der Waals surface area contributed by atoms with Crippen LogP contribution < -0.4 is 5.32 Å². The van der Waals surface area contributed by atoms with Gasteiger partial charge in [0, 0.05) is 17.5 Å². The third kappa shape index (κ3) is 2.68. The molecule has 0 amide bonds. The summed E-state index contributed by atoms with van der Waals surface area (Å²) in [6.07, 6.45) is 0.00254. The number of aryl methyl sites for hydroxylation is 1. The predicted molar refractivity (Wildman–Crippen MR) is 73.2 cm³/mol. The largest absolute Gasteiger partial charge is 0.481 e. The first-order chi connectivity index (χ1) is 8.60. The number of hydrogen-bond donors (Lipinski definition) is 2. The SMILES string of the molecule is CNc1nc(-c2ccc(C)cc2)c(CC(=O)O)s1. The van der Waals surface area contributed by atoms with Gasteiger partial charge < -0.3 is 10.4 Å². The molecule has 0 aliphatic carbocycles. The van der Waals surface area contributed by atoms with Crippen LogP contribution >= 0.6 is 11.3 Å². The zero-order valence-electron chi connectivity index (χ0n) is 10.2. The third-order valence-electron chi connectivity index (χ3n) is 2.55. The highest BCUT2D eigenvalue weighted by Gasteiger charge is 2.15. The van der Waals surface area contributed by atoms with Gasteiger partial charge in [0.15, 0.2) is 5.13 Å². The zero-order valence-corrected chi connectivity index (χ0v) is 11.0. The fraction of sp³-hybridized carbons (Fsp3) is 0.231. The molecule has 5 heteroatoms. The number of aliphatic carboxylic acids is 1. The highest BCUT2D eigenvalue weighted by Crippen LogP contribution is 2.31. The fourth-order valence-corrected chi connectivity index (χ4v) is 2.58. The van der Waals surface area contributed by atoms with Gasteiger partial charge >= 0.3 is 5.97 Å². The van der Waals surface area contributed by atoms with Crippen LogP contribution in [0.1, 0.15) is 10.4 Å². The summed E-state index contributed by atoms with van der Waals surface area (Å²) in [5.74, 6) is -0.838. The van der Waals surface area contributed by atoms with Crippen LogP contribution in [0.5, 0.6) is 0 Å². The Balaban J connectivity index is 2.44. The first-order valence-corrected chi connectivity index (χ1v) is 6.38. The van der Waals surface area contributed by atoms with Gasteiger partial charge in [0.1, 0.15) is 0 Å². The Bertz CT molecular complexity index is 561. The van der Waals surface area contributed by atoms with E-state index in [4.69, 9.17) is 5.11 Å². The number of thiazole rings is 1. The van der Waals surface area contributed by atoms with Gasteiger partial charge in [0.25, 0.3) is 0 Å². The fourth-order valence-electron chi connectivity index (χ4n) is 1.65. The van der Waals surface area contributed by atoms with Crippen molar-refractivity contribution < 1.29 is 9.90 Å². The van der Waals surface area contributed by atoms with E-state index in [1.165, 1.54) is 16.9 Å². The van der Waals surface area contributed by atoms with Crippen LogP contribution in [0.15, 0.2) is 24.3 Å². The standard InChI is InChI=1S/C13H14N2O2S/c1-8-3-5-9(6-4-8)12-10(7-11(16)17)18-13(14-2)15-12/h3-6H,7H2,1-2H3,(H,14,15)(H,16,17). The molecule has 4 nitrogen and oxygen atoms in total. The molecular formula is C13H14N2O2S.